The van der Waals surface area contributed by atoms with Gasteiger partial charge in [0, 0.05) is 37.2 Å². The van der Waals surface area contributed by atoms with E-state index < -0.39 is 0 Å². The fourth-order valence-corrected chi connectivity index (χ4v) is 3.76. The molecule has 0 radical (unpaired) electrons. The van der Waals surface area contributed by atoms with Crippen molar-refractivity contribution in [2.45, 2.75) is 53.7 Å². The standard InChI is InChI=1S/C22H30N6O.2CH4/c1-15(2)18-13-26-28-21(25-11-16-6-4-3-5-7-16)10-20(27-22(18)28)24-12-17-8-9-23-14-19(17)29;;/h3-7,10,13,15,17,19,23,25,29H,8-9,11-12,14H2,1-2H3,(H,24,27);2*1H4/t17-,19+;;/m1../s1. The molecule has 1 saturated heterocycles. The smallest absolute Gasteiger partial charge is 0.163 e. The fourth-order valence-electron chi connectivity index (χ4n) is 3.76. The lowest BCUT2D eigenvalue weighted by molar-refractivity contribution is 0.0883. The van der Waals surface area contributed by atoms with Gasteiger partial charge in [0.05, 0.1) is 12.3 Å². The van der Waals surface area contributed by atoms with Gasteiger partial charge in [0.15, 0.2) is 5.65 Å². The molecule has 3 heterocycles. The number of aromatic nitrogens is 3. The van der Waals surface area contributed by atoms with Crippen molar-refractivity contribution < 1.29 is 5.11 Å². The van der Waals surface area contributed by atoms with E-state index >= 15 is 0 Å². The summed E-state index contributed by atoms with van der Waals surface area (Å²) in [6, 6.07) is 12.3. The highest BCUT2D eigenvalue weighted by Gasteiger charge is 2.23. The molecule has 7 heteroatoms. The summed E-state index contributed by atoms with van der Waals surface area (Å²) in [7, 11) is 0. The van der Waals surface area contributed by atoms with Gasteiger partial charge < -0.3 is 21.1 Å². The zero-order valence-electron chi connectivity index (χ0n) is 17.1. The van der Waals surface area contributed by atoms with Crippen molar-refractivity contribution in [2.75, 3.05) is 30.3 Å². The molecule has 0 amide bonds. The van der Waals surface area contributed by atoms with E-state index in [4.69, 9.17) is 4.98 Å². The summed E-state index contributed by atoms with van der Waals surface area (Å²) < 4.78 is 1.88. The van der Waals surface area contributed by atoms with Gasteiger partial charge in [-0.25, -0.2) is 4.98 Å². The number of nitrogens with one attached hydrogen (secondary N) is 3. The van der Waals surface area contributed by atoms with Crippen molar-refractivity contribution in [3.63, 3.8) is 0 Å². The minimum absolute atomic E-state index is 0. The molecule has 1 aliphatic heterocycles. The molecular weight excluding hydrogens is 388 g/mol. The van der Waals surface area contributed by atoms with Crippen molar-refractivity contribution in [2.24, 2.45) is 5.92 Å². The van der Waals surface area contributed by atoms with Crippen molar-refractivity contribution in [1.29, 1.82) is 0 Å². The molecule has 3 aromatic rings. The number of benzene rings is 1. The second kappa shape index (κ2) is 11.1. The van der Waals surface area contributed by atoms with Crippen LogP contribution < -0.4 is 16.0 Å². The molecule has 0 unspecified atom stereocenters. The van der Waals surface area contributed by atoms with Crippen LogP contribution in [-0.2, 0) is 6.54 Å². The zero-order valence-corrected chi connectivity index (χ0v) is 17.1. The Bertz CT molecular complexity index is 940. The number of β-amino-alcohol motifs (C(OH)–C–C–N with tert-alkyl or cyclic N) is 1. The third-order valence-corrected chi connectivity index (χ3v) is 5.57. The Kier molecular flexibility index (Phi) is 8.83. The van der Waals surface area contributed by atoms with Crippen LogP contribution in [0.5, 0.6) is 0 Å². The first-order valence-electron chi connectivity index (χ1n) is 10.4. The molecule has 0 bridgehead atoms. The lowest BCUT2D eigenvalue weighted by atomic mass is 9.95. The minimum Gasteiger partial charge on any atom is -0.391 e. The molecule has 31 heavy (non-hydrogen) atoms. The van der Waals surface area contributed by atoms with Crippen LogP contribution in [-0.4, -0.2) is 45.4 Å². The second-order valence-corrected chi connectivity index (χ2v) is 8.06. The molecular formula is C24H38N6O. The summed E-state index contributed by atoms with van der Waals surface area (Å²) in [5.41, 5.74) is 3.20. The Labute approximate surface area is 186 Å². The Balaban J connectivity index is 0.00000171. The Hall–Kier alpha value is -2.64. The van der Waals surface area contributed by atoms with E-state index in [-0.39, 0.29) is 26.9 Å². The first kappa shape index (κ1) is 24.6. The third-order valence-electron chi connectivity index (χ3n) is 5.57. The highest BCUT2D eigenvalue weighted by molar-refractivity contribution is 5.61. The molecule has 4 N–H and O–H groups in total. The zero-order chi connectivity index (χ0) is 20.2. The molecule has 7 nitrogen and oxygen atoms in total. The van der Waals surface area contributed by atoms with Gasteiger partial charge in [-0.05, 0) is 24.4 Å². The summed E-state index contributed by atoms with van der Waals surface area (Å²) in [6.45, 7) is 7.32. The molecule has 0 spiro atoms. The average molecular weight is 427 g/mol. The molecule has 1 aromatic carbocycles. The molecule has 0 saturated carbocycles. The maximum atomic E-state index is 10.2. The molecule has 170 valence electrons. The molecule has 1 aliphatic rings. The van der Waals surface area contributed by atoms with Gasteiger partial charge in [-0.1, -0.05) is 59.0 Å². The largest absolute Gasteiger partial charge is 0.391 e. The highest BCUT2D eigenvalue weighted by Crippen LogP contribution is 2.25. The summed E-state index contributed by atoms with van der Waals surface area (Å²) >= 11 is 0. The maximum absolute atomic E-state index is 10.2. The lowest BCUT2D eigenvalue weighted by Crippen LogP contribution is -2.43. The highest BCUT2D eigenvalue weighted by atomic mass is 16.3. The van der Waals surface area contributed by atoms with Crippen molar-refractivity contribution in [3.8, 4) is 0 Å². The van der Waals surface area contributed by atoms with E-state index in [1.165, 1.54) is 5.56 Å². The second-order valence-electron chi connectivity index (χ2n) is 8.06. The third kappa shape index (κ3) is 5.74. The van der Waals surface area contributed by atoms with Crippen LogP contribution in [0.4, 0.5) is 11.6 Å². The topological polar surface area (TPSA) is 86.5 Å². The Morgan fingerprint density at radius 1 is 1.19 bits per heavy atom. The van der Waals surface area contributed by atoms with Crippen LogP contribution in [0.25, 0.3) is 5.65 Å². The predicted molar refractivity (Wildman–Crippen MR) is 130 cm³/mol. The van der Waals surface area contributed by atoms with Gasteiger partial charge >= 0.3 is 0 Å². The minimum atomic E-state index is -0.322. The normalized spacial score (nSPS) is 18.3. The van der Waals surface area contributed by atoms with Gasteiger partial charge in [-0.3, -0.25) is 0 Å². The summed E-state index contributed by atoms with van der Waals surface area (Å²) in [4.78, 5) is 4.83. The van der Waals surface area contributed by atoms with E-state index in [1.54, 1.807) is 0 Å². The number of aliphatic hydroxyl groups excluding tert-OH is 1. The van der Waals surface area contributed by atoms with Crippen molar-refractivity contribution in [3.05, 3.63) is 53.7 Å². The predicted octanol–water partition coefficient (Wildman–Crippen LogP) is 4.12. The van der Waals surface area contributed by atoms with Gasteiger partial charge in [0.25, 0.3) is 0 Å². The first-order chi connectivity index (χ1) is 14.1. The fraction of sp³-hybridized carbons (Fsp3) is 0.500. The SMILES string of the molecule is C.C.CC(C)c1cnn2c(NCc3ccccc3)cc(NC[C@H]3CCNC[C@@H]3O)nc12. The van der Waals surface area contributed by atoms with Gasteiger partial charge in [0.1, 0.15) is 11.6 Å². The van der Waals surface area contributed by atoms with Crippen LogP contribution in [0.2, 0.25) is 0 Å². The summed E-state index contributed by atoms with van der Waals surface area (Å²) in [5, 5.41) is 25.0. The van der Waals surface area contributed by atoms with Crippen LogP contribution >= 0.6 is 0 Å². The van der Waals surface area contributed by atoms with Crippen molar-refractivity contribution in [1.82, 2.24) is 19.9 Å². The van der Waals surface area contributed by atoms with Gasteiger partial charge in [-0.15, -0.1) is 0 Å². The first-order valence-corrected chi connectivity index (χ1v) is 10.4. The average Bonchev–Trinajstić information content (AvgIpc) is 3.16. The number of hydrogen-bond donors (Lipinski definition) is 4. The molecule has 0 aliphatic carbocycles. The van der Waals surface area contributed by atoms with Crippen molar-refractivity contribution >= 4 is 17.3 Å². The molecule has 1 fully saturated rings. The lowest BCUT2D eigenvalue weighted by Gasteiger charge is -2.28. The Morgan fingerprint density at radius 2 is 1.97 bits per heavy atom. The number of nitrogens with zero attached hydrogens (tertiary/aromatic N) is 3. The number of fused-ring (bicyclic) bond motifs is 1. The van der Waals surface area contributed by atoms with Gasteiger partial charge in [0.2, 0.25) is 0 Å². The van der Waals surface area contributed by atoms with Gasteiger partial charge in [-0.2, -0.15) is 9.61 Å². The summed E-state index contributed by atoms with van der Waals surface area (Å²) in [6.07, 6.45) is 2.54. The molecule has 2 aromatic heterocycles. The van der Waals surface area contributed by atoms with Crippen LogP contribution in [0.15, 0.2) is 42.6 Å². The van der Waals surface area contributed by atoms with E-state index in [0.717, 1.165) is 35.8 Å². The number of anilines is 2. The van der Waals surface area contributed by atoms with Crippen LogP contribution in [0, 0.1) is 5.92 Å². The maximum Gasteiger partial charge on any atom is 0.163 e. The molecule has 4 rings (SSSR count). The van der Waals surface area contributed by atoms with E-state index in [2.05, 4.69) is 47.0 Å². The van der Waals surface area contributed by atoms with E-state index in [0.29, 0.717) is 25.6 Å². The Morgan fingerprint density at radius 3 is 2.68 bits per heavy atom. The number of rotatable bonds is 7. The van der Waals surface area contributed by atoms with E-state index in [9.17, 15) is 5.11 Å². The van der Waals surface area contributed by atoms with Crippen LogP contribution in [0.3, 0.4) is 0 Å². The quantitative estimate of drug-likeness (QED) is 0.455. The number of hydrogen-bond acceptors (Lipinski definition) is 6. The summed E-state index contributed by atoms with van der Waals surface area (Å²) in [5.74, 6) is 2.27. The number of piperidine rings is 1. The number of aliphatic hydroxyl groups is 1. The molecule has 2 atom stereocenters. The van der Waals surface area contributed by atoms with E-state index in [1.807, 2.05) is 35.0 Å². The monoisotopic (exact) mass is 426 g/mol. The van der Waals surface area contributed by atoms with Crippen LogP contribution in [0.1, 0.15) is 52.2 Å².